The molecule has 3 N–H and O–H groups in total. The Morgan fingerprint density at radius 2 is 1.95 bits per heavy atom. The van der Waals surface area contributed by atoms with Crippen LogP contribution in [0.15, 0.2) is 0 Å². The molecular weight excluding hydrogens is 258 g/mol. The highest BCUT2D eigenvalue weighted by atomic mass is 16.6. The van der Waals surface area contributed by atoms with E-state index in [1.807, 2.05) is 0 Å². The molecule has 0 aliphatic carbocycles. The molecule has 1 saturated heterocycles. The van der Waals surface area contributed by atoms with Crippen LogP contribution in [0.5, 0.6) is 0 Å². The molecule has 0 radical (unpaired) electrons. The topological polar surface area (TPSA) is 79.5 Å². The van der Waals surface area contributed by atoms with Crippen LogP contribution in [0.3, 0.4) is 0 Å². The van der Waals surface area contributed by atoms with Crippen molar-refractivity contribution in [2.45, 2.75) is 50.8 Å². The van der Waals surface area contributed by atoms with E-state index in [4.69, 9.17) is 4.74 Å². The highest BCUT2D eigenvalue weighted by molar-refractivity contribution is 6.11. The van der Waals surface area contributed by atoms with Gasteiger partial charge < -0.3 is 15.4 Å². The van der Waals surface area contributed by atoms with Gasteiger partial charge in [0.25, 0.3) is 0 Å². The first-order valence-corrected chi connectivity index (χ1v) is 7.11. The molecule has 0 bridgehead atoms. The number of hydrogen-bond donors (Lipinski definition) is 3. The van der Waals surface area contributed by atoms with Gasteiger partial charge in [0, 0.05) is 6.54 Å². The summed E-state index contributed by atoms with van der Waals surface area (Å²) in [5.74, 6) is -0.679. The maximum absolute atomic E-state index is 12.7. The monoisotopic (exact) mass is 285 g/mol. The lowest BCUT2D eigenvalue weighted by atomic mass is 9.88. The lowest BCUT2D eigenvalue weighted by molar-refractivity contribution is -0.165. The molecule has 116 valence electrons. The first kappa shape index (κ1) is 17.1. The number of esters is 1. The van der Waals surface area contributed by atoms with Crippen LogP contribution in [0.25, 0.3) is 0 Å². The van der Waals surface area contributed by atoms with Gasteiger partial charge in [-0.3, -0.25) is 10.1 Å². The Morgan fingerprint density at radius 1 is 1.30 bits per heavy atom. The molecule has 1 heterocycles. The summed E-state index contributed by atoms with van der Waals surface area (Å²) in [6, 6.07) is -0.289. The van der Waals surface area contributed by atoms with E-state index in [1.165, 1.54) is 0 Å². The van der Waals surface area contributed by atoms with Crippen LogP contribution in [0, 0.1) is 0 Å². The smallest absolute Gasteiger partial charge is 0.336 e. The molecule has 1 unspecified atom stereocenters. The number of carbonyl (C=O) groups is 2. The third-order valence-corrected chi connectivity index (χ3v) is 3.41. The summed E-state index contributed by atoms with van der Waals surface area (Å²) in [6.07, 6.45) is 1.71. The van der Waals surface area contributed by atoms with E-state index in [0.717, 1.165) is 19.4 Å². The summed E-state index contributed by atoms with van der Waals surface area (Å²) in [7, 11) is 3.33. The third kappa shape index (κ3) is 3.77. The molecule has 1 aliphatic rings. The molecule has 2 atom stereocenters. The fourth-order valence-electron chi connectivity index (χ4n) is 2.41. The minimum atomic E-state index is -1.34. The second kappa shape index (κ2) is 6.65. The van der Waals surface area contributed by atoms with Crippen molar-refractivity contribution in [3.05, 3.63) is 0 Å². The summed E-state index contributed by atoms with van der Waals surface area (Å²) in [5.41, 5.74) is -1.97. The Balaban J connectivity index is 3.00. The highest BCUT2D eigenvalue weighted by Gasteiger charge is 2.49. The van der Waals surface area contributed by atoms with Gasteiger partial charge in [0.1, 0.15) is 5.60 Å². The molecule has 20 heavy (non-hydrogen) atoms. The Labute approximate surface area is 121 Å². The van der Waals surface area contributed by atoms with Crippen LogP contribution in [0.4, 0.5) is 0 Å². The van der Waals surface area contributed by atoms with Crippen LogP contribution in [0.2, 0.25) is 0 Å². The normalized spacial score (nSPS) is 22.4. The fraction of sp³-hybridized carbons (Fsp3) is 0.857. The van der Waals surface area contributed by atoms with E-state index < -0.39 is 17.1 Å². The van der Waals surface area contributed by atoms with E-state index in [0.29, 0.717) is 0 Å². The molecule has 0 aromatic rings. The minimum absolute atomic E-state index is 0.152. The van der Waals surface area contributed by atoms with Gasteiger partial charge >= 0.3 is 5.97 Å². The minimum Gasteiger partial charge on any atom is -0.458 e. The first-order valence-electron chi connectivity index (χ1n) is 7.11. The molecule has 0 aromatic carbocycles. The average molecular weight is 285 g/mol. The van der Waals surface area contributed by atoms with Crippen molar-refractivity contribution < 1.29 is 14.3 Å². The fourth-order valence-corrected chi connectivity index (χ4v) is 2.41. The number of Topliss-reactive ketones (excluding diaryl/α,β-unsaturated/α-hetero) is 1. The van der Waals surface area contributed by atoms with Crippen molar-refractivity contribution in [1.82, 2.24) is 16.0 Å². The predicted octanol–water partition coefficient (Wildman–Crippen LogP) is -0.173. The van der Waals surface area contributed by atoms with Crippen LogP contribution < -0.4 is 16.0 Å². The number of rotatable bonds is 6. The van der Waals surface area contributed by atoms with Crippen molar-refractivity contribution in [3.63, 3.8) is 0 Å². The number of ether oxygens (including phenoxy) is 1. The van der Waals surface area contributed by atoms with Crippen molar-refractivity contribution in [3.8, 4) is 0 Å². The predicted molar refractivity (Wildman–Crippen MR) is 77.6 cm³/mol. The molecule has 6 heteroatoms. The standard InChI is InChI=1S/C14H27N3O3/c1-13(2,3)20-12(19)14(16-5,9-15-4)11(18)10-7-6-8-17-10/h10,15-17H,6-9H2,1-5H3/t10-,14?/m1/s1. The molecule has 6 nitrogen and oxygen atoms in total. The second-order valence-electron chi connectivity index (χ2n) is 6.20. The molecule has 1 aliphatic heterocycles. The molecule has 1 fully saturated rings. The average Bonchev–Trinajstić information content (AvgIpc) is 2.86. The molecule has 0 aromatic heterocycles. The van der Waals surface area contributed by atoms with Gasteiger partial charge in [-0.05, 0) is 54.3 Å². The zero-order valence-corrected chi connectivity index (χ0v) is 13.1. The molecule has 0 saturated carbocycles. The quantitative estimate of drug-likeness (QED) is 0.464. The Hall–Kier alpha value is -0.980. The number of likely N-dealkylation sites (N-methyl/N-ethyl adjacent to an activating group) is 2. The number of hydrogen-bond acceptors (Lipinski definition) is 6. The lowest BCUT2D eigenvalue weighted by Crippen LogP contribution is -2.67. The number of carbonyl (C=O) groups excluding carboxylic acids is 2. The van der Waals surface area contributed by atoms with Gasteiger partial charge in [-0.2, -0.15) is 0 Å². The van der Waals surface area contributed by atoms with Gasteiger partial charge in [-0.25, -0.2) is 4.79 Å². The zero-order valence-electron chi connectivity index (χ0n) is 13.1. The number of nitrogens with one attached hydrogen (secondary N) is 3. The second-order valence-corrected chi connectivity index (χ2v) is 6.20. The number of ketones is 1. The Morgan fingerprint density at radius 3 is 2.35 bits per heavy atom. The SMILES string of the molecule is CNCC(NC)(C(=O)OC(C)(C)C)C(=O)[C@H]1CCCN1. The molecule has 0 spiro atoms. The van der Waals surface area contributed by atoms with Crippen molar-refractivity contribution in [2.24, 2.45) is 0 Å². The van der Waals surface area contributed by atoms with E-state index in [1.54, 1.807) is 34.9 Å². The van der Waals surface area contributed by atoms with Gasteiger partial charge in [-0.15, -0.1) is 0 Å². The lowest BCUT2D eigenvalue weighted by Gasteiger charge is -2.34. The van der Waals surface area contributed by atoms with Gasteiger partial charge in [0.15, 0.2) is 11.3 Å². The van der Waals surface area contributed by atoms with E-state index in [2.05, 4.69) is 16.0 Å². The zero-order chi connectivity index (χ0) is 15.4. The summed E-state index contributed by atoms with van der Waals surface area (Å²) < 4.78 is 5.44. The van der Waals surface area contributed by atoms with Gasteiger partial charge in [-0.1, -0.05) is 0 Å². The summed E-state index contributed by atoms with van der Waals surface area (Å²) in [5, 5.41) is 8.95. The van der Waals surface area contributed by atoms with Crippen LogP contribution in [-0.4, -0.2) is 56.1 Å². The van der Waals surface area contributed by atoms with Crippen molar-refractivity contribution in [1.29, 1.82) is 0 Å². The molecule has 1 rings (SSSR count). The van der Waals surface area contributed by atoms with E-state index in [9.17, 15) is 9.59 Å². The first-order chi connectivity index (χ1) is 9.27. The Bertz CT molecular complexity index is 359. The maximum Gasteiger partial charge on any atom is 0.336 e. The van der Waals surface area contributed by atoms with E-state index >= 15 is 0 Å². The summed E-state index contributed by atoms with van der Waals surface area (Å²) in [6.45, 7) is 6.40. The molecule has 0 amide bonds. The van der Waals surface area contributed by atoms with Crippen LogP contribution in [-0.2, 0) is 14.3 Å². The van der Waals surface area contributed by atoms with Crippen LogP contribution >= 0.6 is 0 Å². The highest BCUT2D eigenvalue weighted by Crippen LogP contribution is 2.20. The summed E-state index contributed by atoms with van der Waals surface area (Å²) >= 11 is 0. The molecular formula is C14H27N3O3. The van der Waals surface area contributed by atoms with Gasteiger partial charge in [0.05, 0.1) is 6.04 Å². The van der Waals surface area contributed by atoms with Gasteiger partial charge in [0.2, 0.25) is 0 Å². The largest absolute Gasteiger partial charge is 0.458 e. The Kier molecular flexibility index (Phi) is 5.68. The van der Waals surface area contributed by atoms with Crippen LogP contribution in [0.1, 0.15) is 33.6 Å². The van der Waals surface area contributed by atoms with Crippen molar-refractivity contribution in [2.75, 3.05) is 27.2 Å². The summed E-state index contributed by atoms with van der Waals surface area (Å²) in [4.78, 5) is 25.3. The van der Waals surface area contributed by atoms with Crippen molar-refractivity contribution >= 4 is 11.8 Å². The third-order valence-electron chi connectivity index (χ3n) is 3.41. The maximum atomic E-state index is 12.7. The van der Waals surface area contributed by atoms with E-state index in [-0.39, 0.29) is 18.4 Å².